The van der Waals surface area contributed by atoms with Gasteiger partial charge in [0.25, 0.3) is 11.8 Å². The molecule has 0 unspecified atom stereocenters. The van der Waals surface area contributed by atoms with Crippen molar-refractivity contribution in [2.24, 2.45) is 11.5 Å². The molecule has 0 aromatic heterocycles. The van der Waals surface area contributed by atoms with E-state index in [0.717, 1.165) is 0 Å². The lowest BCUT2D eigenvalue weighted by atomic mass is 10.1. The predicted octanol–water partition coefficient (Wildman–Crippen LogP) is 0.192. The summed E-state index contributed by atoms with van der Waals surface area (Å²) in [6.45, 7) is 3.56. The summed E-state index contributed by atoms with van der Waals surface area (Å²) in [5.74, 6) is -0.843. The molecule has 8 nitrogen and oxygen atoms in total. The Kier molecular flexibility index (Phi) is 9.20. The van der Waals surface area contributed by atoms with Gasteiger partial charge in [-0.2, -0.15) is 0 Å². The van der Waals surface area contributed by atoms with Gasteiger partial charge in [-0.05, 0) is 44.1 Å². The third-order valence-electron chi connectivity index (χ3n) is 3.40. The molecule has 0 radical (unpaired) electrons. The van der Waals surface area contributed by atoms with Crippen LogP contribution in [0.4, 0.5) is 5.69 Å². The maximum atomic E-state index is 12.2. The number of carbonyl (C=O) groups is 3. The highest BCUT2D eigenvalue weighted by Crippen LogP contribution is 2.16. The number of amides is 3. The molecule has 1 aromatic rings. The van der Waals surface area contributed by atoms with Gasteiger partial charge in [0.2, 0.25) is 5.91 Å². The standard InChI is InChI=1S/C17H27N5O3/c1-2-15(23)22-14-10-12(16(24)20-7-3-5-18)9-13(11-14)17(25)21-8-4-6-19/h9-11H,2-8,18-19H2,1H3,(H,20,24)(H,21,25)(H,22,23). The van der Waals surface area contributed by atoms with Gasteiger partial charge in [0, 0.05) is 36.3 Å². The smallest absolute Gasteiger partial charge is 0.251 e. The number of nitrogens with two attached hydrogens (primary N) is 2. The summed E-state index contributed by atoms with van der Waals surface area (Å²) in [5, 5.41) is 8.14. The fourth-order valence-electron chi connectivity index (χ4n) is 2.02. The Hall–Kier alpha value is -2.45. The van der Waals surface area contributed by atoms with Crippen molar-refractivity contribution in [2.45, 2.75) is 26.2 Å². The van der Waals surface area contributed by atoms with E-state index in [4.69, 9.17) is 11.5 Å². The first kappa shape index (κ1) is 20.6. The van der Waals surface area contributed by atoms with E-state index in [0.29, 0.717) is 62.3 Å². The molecule has 0 aliphatic carbocycles. The van der Waals surface area contributed by atoms with E-state index in [1.165, 1.54) is 6.07 Å². The summed E-state index contributed by atoms with van der Waals surface area (Å²) >= 11 is 0. The van der Waals surface area contributed by atoms with Crippen LogP contribution in [0.25, 0.3) is 0 Å². The summed E-state index contributed by atoms with van der Waals surface area (Å²) in [7, 11) is 0. The second-order valence-corrected chi connectivity index (χ2v) is 5.50. The second-order valence-electron chi connectivity index (χ2n) is 5.50. The summed E-state index contributed by atoms with van der Waals surface area (Å²) in [6.07, 6.45) is 1.61. The maximum Gasteiger partial charge on any atom is 0.251 e. The number of rotatable bonds is 10. The maximum absolute atomic E-state index is 12.2. The van der Waals surface area contributed by atoms with Gasteiger partial charge in [0.15, 0.2) is 0 Å². The molecule has 0 atom stereocenters. The number of benzene rings is 1. The molecule has 1 aromatic carbocycles. The highest BCUT2D eigenvalue weighted by molar-refractivity contribution is 6.02. The van der Waals surface area contributed by atoms with Crippen molar-refractivity contribution in [1.82, 2.24) is 10.6 Å². The predicted molar refractivity (Wildman–Crippen MR) is 97.4 cm³/mol. The Morgan fingerprint density at radius 2 is 1.36 bits per heavy atom. The van der Waals surface area contributed by atoms with Crippen molar-refractivity contribution >= 4 is 23.4 Å². The van der Waals surface area contributed by atoms with Crippen molar-refractivity contribution in [3.8, 4) is 0 Å². The molecule has 0 heterocycles. The second kappa shape index (κ2) is 11.2. The van der Waals surface area contributed by atoms with Gasteiger partial charge in [-0.15, -0.1) is 0 Å². The number of anilines is 1. The van der Waals surface area contributed by atoms with Crippen LogP contribution >= 0.6 is 0 Å². The van der Waals surface area contributed by atoms with E-state index in [9.17, 15) is 14.4 Å². The normalized spacial score (nSPS) is 10.2. The largest absolute Gasteiger partial charge is 0.352 e. The molecular formula is C17H27N5O3. The number of hydrogen-bond acceptors (Lipinski definition) is 5. The van der Waals surface area contributed by atoms with E-state index in [1.54, 1.807) is 19.1 Å². The highest BCUT2D eigenvalue weighted by atomic mass is 16.2. The SMILES string of the molecule is CCC(=O)Nc1cc(C(=O)NCCCN)cc(C(=O)NCCCN)c1. The van der Waals surface area contributed by atoms with Crippen LogP contribution in [0, 0.1) is 0 Å². The fraction of sp³-hybridized carbons (Fsp3) is 0.471. The number of carbonyl (C=O) groups excluding carboxylic acids is 3. The summed E-state index contributed by atoms with van der Waals surface area (Å²) in [4.78, 5) is 36.1. The molecule has 0 spiro atoms. The first-order valence-electron chi connectivity index (χ1n) is 8.43. The average molecular weight is 349 g/mol. The van der Waals surface area contributed by atoms with Crippen LogP contribution in [0.1, 0.15) is 46.9 Å². The van der Waals surface area contributed by atoms with E-state index in [1.807, 2.05) is 0 Å². The lowest BCUT2D eigenvalue weighted by molar-refractivity contribution is -0.115. The molecule has 25 heavy (non-hydrogen) atoms. The zero-order chi connectivity index (χ0) is 18.7. The Bertz CT molecular complexity index is 564. The minimum atomic E-state index is -0.322. The van der Waals surface area contributed by atoms with Crippen LogP contribution in [-0.2, 0) is 4.79 Å². The fourth-order valence-corrected chi connectivity index (χ4v) is 2.02. The zero-order valence-electron chi connectivity index (χ0n) is 14.6. The van der Waals surface area contributed by atoms with Gasteiger partial charge in [-0.3, -0.25) is 14.4 Å². The highest BCUT2D eigenvalue weighted by Gasteiger charge is 2.13. The molecule has 0 saturated heterocycles. The van der Waals surface area contributed by atoms with E-state index >= 15 is 0 Å². The molecule has 0 aliphatic heterocycles. The van der Waals surface area contributed by atoms with Gasteiger partial charge in [0.05, 0.1) is 0 Å². The topological polar surface area (TPSA) is 139 Å². The first-order valence-corrected chi connectivity index (χ1v) is 8.43. The van der Waals surface area contributed by atoms with E-state index < -0.39 is 0 Å². The molecular weight excluding hydrogens is 322 g/mol. The quantitative estimate of drug-likeness (QED) is 0.384. The van der Waals surface area contributed by atoms with Crippen molar-refractivity contribution in [1.29, 1.82) is 0 Å². The van der Waals surface area contributed by atoms with Gasteiger partial charge < -0.3 is 27.4 Å². The molecule has 0 fully saturated rings. The van der Waals surface area contributed by atoms with Crippen LogP contribution in [0.3, 0.4) is 0 Å². The van der Waals surface area contributed by atoms with Crippen molar-refractivity contribution in [2.75, 3.05) is 31.5 Å². The van der Waals surface area contributed by atoms with Gasteiger partial charge in [-0.25, -0.2) is 0 Å². The molecule has 7 N–H and O–H groups in total. The summed E-state index contributed by atoms with van der Waals surface area (Å²) < 4.78 is 0. The average Bonchev–Trinajstić information content (AvgIpc) is 2.61. The molecule has 3 amide bonds. The first-order chi connectivity index (χ1) is 12.0. The Balaban J connectivity index is 2.99. The van der Waals surface area contributed by atoms with E-state index in [2.05, 4.69) is 16.0 Å². The Labute approximate surface area is 147 Å². The lowest BCUT2D eigenvalue weighted by Gasteiger charge is -2.11. The lowest BCUT2D eigenvalue weighted by Crippen LogP contribution is -2.28. The van der Waals surface area contributed by atoms with Gasteiger partial charge in [0.1, 0.15) is 0 Å². The van der Waals surface area contributed by atoms with Crippen molar-refractivity contribution in [3.05, 3.63) is 29.3 Å². The molecule has 8 heteroatoms. The summed E-state index contributed by atoms with van der Waals surface area (Å²) in [5.41, 5.74) is 11.8. The minimum Gasteiger partial charge on any atom is -0.352 e. The van der Waals surface area contributed by atoms with Crippen LogP contribution in [0.15, 0.2) is 18.2 Å². The van der Waals surface area contributed by atoms with Crippen LogP contribution in [0.5, 0.6) is 0 Å². The molecule has 1 rings (SSSR count). The van der Waals surface area contributed by atoms with E-state index in [-0.39, 0.29) is 17.7 Å². The zero-order valence-corrected chi connectivity index (χ0v) is 14.6. The Morgan fingerprint density at radius 1 is 0.880 bits per heavy atom. The molecule has 138 valence electrons. The molecule has 0 aliphatic rings. The van der Waals surface area contributed by atoms with Gasteiger partial charge in [-0.1, -0.05) is 6.92 Å². The van der Waals surface area contributed by atoms with Crippen molar-refractivity contribution in [3.63, 3.8) is 0 Å². The third-order valence-corrected chi connectivity index (χ3v) is 3.40. The van der Waals surface area contributed by atoms with Crippen LogP contribution < -0.4 is 27.4 Å². The molecule has 0 bridgehead atoms. The van der Waals surface area contributed by atoms with Crippen LogP contribution in [0.2, 0.25) is 0 Å². The summed E-state index contributed by atoms with van der Waals surface area (Å²) in [6, 6.07) is 4.58. The third kappa shape index (κ3) is 7.32. The minimum absolute atomic E-state index is 0.199. The molecule has 0 saturated carbocycles. The monoisotopic (exact) mass is 349 g/mol. The number of hydrogen-bond donors (Lipinski definition) is 5. The van der Waals surface area contributed by atoms with Crippen LogP contribution in [-0.4, -0.2) is 43.9 Å². The number of nitrogens with one attached hydrogen (secondary N) is 3. The Morgan fingerprint density at radius 3 is 1.76 bits per heavy atom. The van der Waals surface area contributed by atoms with Crippen molar-refractivity contribution < 1.29 is 14.4 Å². The van der Waals surface area contributed by atoms with Gasteiger partial charge >= 0.3 is 0 Å².